The number of rotatable bonds is 1. The predicted octanol–water partition coefficient (Wildman–Crippen LogP) is 2.35. The number of fused-ring (bicyclic) bond motifs is 1. The molecule has 4 nitrogen and oxygen atoms in total. The Hall–Kier alpha value is -1.79. The molecule has 0 spiro atoms. The zero-order chi connectivity index (χ0) is 12.8. The standard InChI is InChI=1S/C11H11F3N4/c12-11(13,14)7-2-4-18(6-7)9-1-3-15-10-8(9)5-16-17-10/h1,3,5,7H,2,4,6H2,(H,15,16,17). The fourth-order valence-corrected chi connectivity index (χ4v) is 2.36. The van der Waals surface area contributed by atoms with E-state index in [-0.39, 0.29) is 13.0 Å². The molecule has 0 aromatic carbocycles. The van der Waals surface area contributed by atoms with Crippen LogP contribution < -0.4 is 4.90 Å². The Morgan fingerprint density at radius 3 is 2.94 bits per heavy atom. The van der Waals surface area contributed by atoms with Crippen LogP contribution in [0.4, 0.5) is 18.9 Å². The molecule has 0 radical (unpaired) electrons. The van der Waals surface area contributed by atoms with Gasteiger partial charge in [-0.25, -0.2) is 4.98 Å². The first-order valence-electron chi connectivity index (χ1n) is 5.65. The maximum atomic E-state index is 12.6. The minimum absolute atomic E-state index is 0.00773. The average Bonchev–Trinajstić information content (AvgIpc) is 2.96. The molecule has 0 saturated carbocycles. The Labute approximate surface area is 101 Å². The summed E-state index contributed by atoms with van der Waals surface area (Å²) in [6.45, 7) is 0.419. The fraction of sp³-hybridized carbons (Fsp3) is 0.455. The van der Waals surface area contributed by atoms with Crippen LogP contribution in [0.3, 0.4) is 0 Å². The van der Waals surface area contributed by atoms with Gasteiger partial charge in [0.25, 0.3) is 0 Å². The lowest BCUT2D eigenvalue weighted by molar-refractivity contribution is -0.168. The molecule has 96 valence electrons. The van der Waals surface area contributed by atoms with Crippen LogP contribution in [0.1, 0.15) is 6.42 Å². The molecule has 1 aliphatic rings. The normalized spacial score (nSPS) is 20.8. The van der Waals surface area contributed by atoms with E-state index in [0.717, 1.165) is 11.1 Å². The van der Waals surface area contributed by atoms with E-state index in [1.165, 1.54) is 0 Å². The van der Waals surface area contributed by atoms with Crippen molar-refractivity contribution in [1.82, 2.24) is 15.2 Å². The highest BCUT2D eigenvalue weighted by Gasteiger charge is 2.43. The monoisotopic (exact) mass is 256 g/mol. The number of anilines is 1. The van der Waals surface area contributed by atoms with Crippen LogP contribution in [-0.4, -0.2) is 34.4 Å². The number of H-pyrrole nitrogens is 1. The number of aromatic nitrogens is 3. The summed E-state index contributed by atoms with van der Waals surface area (Å²) in [6.07, 6.45) is -0.794. The van der Waals surface area contributed by atoms with E-state index >= 15 is 0 Å². The predicted molar refractivity (Wildman–Crippen MR) is 60.3 cm³/mol. The molecule has 1 saturated heterocycles. The number of hydrogen-bond donors (Lipinski definition) is 1. The van der Waals surface area contributed by atoms with Gasteiger partial charge in [-0.05, 0) is 12.5 Å². The van der Waals surface area contributed by atoms with Crippen molar-refractivity contribution in [1.29, 1.82) is 0 Å². The van der Waals surface area contributed by atoms with Gasteiger partial charge in [-0.2, -0.15) is 18.3 Å². The Morgan fingerprint density at radius 1 is 1.39 bits per heavy atom. The van der Waals surface area contributed by atoms with Crippen LogP contribution in [0.15, 0.2) is 18.5 Å². The van der Waals surface area contributed by atoms with Gasteiger partial charge in [-0.15, -0.1) is 0 Å². The molecule has 2 aromatic rings. The van der Waals surface area contributed by atoms with Gasteiger partial charge in [0.05, 0.1) is 23.2 Å². The second kappa shape index (κ2) is 3.86. The number of aromatic amines is 1. The fourth-order valence-electron chi connectivity index (χ4n) is 2.36. The van der Waals surface area contributed by atoms with E-state index in [1.54, 1.807) is 23.4 Å². The molecule has 0 aliphatic carbocycles. The van der Waals surface area contributed by atoms with Crippen LogP contribution in [-0.2, 0) is 0 Å². The second-order valence-corrected chi connectivity index (χ2v) is 4.44. The van der Waals surface area contributed by atoms with E-state index in [2.05, 4.69) is 15.2 Å². The zero-order valence-electron chi connectivity index (χ0n) is 9.41. The number of alkyl halides is 3. The third-order valence-corrected chi connectivity index (χ3v) is 3.32. The van der Waals surface area contributed by atoms with Crippen molar-refractivity contribution < 1.29 is 13.2 Å². The average molecular weight is 256 g/mol. The van der Waals surface area contributed by atoms with Gasteiger partial charge < -0.3 is 4.90 Å². The van der Waals surface area contributed by atoms with E-state index < -0.39 is 12.1 Å². The van der Waals surface area contributed by atoms with Gasteiger partial charge in [0.15, 0.2) is 5.65 Å². The van der Waals surface area contributed by atoms with E-state index in [1.807, 2.05) is 0 Å². The Balaban J connectivity index is 1.91. The Morgan fingerprint density at radius 2 is 2.22 bits per heavy atom. The molecule has 1 atom stereocenters. The molecule has 3 rings (SSSR count). The van der Waals surface area contributed by atoms with E-state index in [9.17, 15) is 13.2 Å². The van der Waals surface area contributed by atoms with Crippen molar-refractivity contribution in [2.45, 2.75) is 12.6 Å². The maximum absolute atomic E-state index is 12.6. The highest BCUT2D eigenvalue weighted by molar-refractivity contribution is 5.88. The first-order valence-corrected chi connectivity index (χ1v) is 5.65. The minimum atomic E-state index is -4.11. The number of halogens is 3. The van der Waals surface area contributed by atoms with Crippen LogP contribution >= 0.6 is 0 Å². The third kappa shape index (κ3) is 1.79. The molecule has 0 bridgehead atoms. The maximum Gasteiger partial charge on any atom is 0.393 e. The molecular weight excluding hydrogens is 245 g/mol. The van der Waals surface area contributed by atoms with Crippen molar-refractivity contribution in [3.63, 3.8) is 0 Å². The van der Waals surface area contributed by atoms with Crippen LogP contribution in [0.5, 0.6) is 0 Å². The Kier molecular flexibility index (Phi) is 2.42. The Bertz CT molecular complexity index is 563. The molecule has 7 heteroatoms. The summed E-state index contributed by atoms with van der Waals surface area (Å²) in [5.74, 6) is -1.24. The van der Waals surface area contributed by atoms with Gasteiger partial charge in [-0.3, -0.25) is 5.10 Å². The molecule has 3 heterocycles. The van der Waals surface area contributed by atoms with Crippen LogP contribution in [0.25, 0.3) is 11.0 Å². The van der Waals surface area contributed by atoms with Crippen LogP contribution in [0, 0.1) is 5.92 Å². The summed E-state index contributed by atoms with van der Waals surface area (Å²) in [4.78, 5) is 5.82. The van der Waals surface area contributed by atoms with Gasteiger partial charge in [0.2, 0.25) is 0 Å². The summed E-state index contributed by atoms with van der Waals surface area (Å²) < 4.78 is 37.9. The van der Waals surface area contributed by atoms with Crippen LogP contribution in [0.2, 0.25) is 0 Å². The molecule has 1 fully saturated rings. The highest BCUT2D eigenvalue weighted by atomic mass is 19.4. The molecular formula is C11H11F3N4. The summed E-state index contributed by atoms with van der Waals surface area (Å²) >= 11 is 0. The molecule has 2 aromatic heterocycles. The molecule has 1 aliphatic heterocycles. The quantitative estimate of drug-likeness (QED) is 0.851. The van der Waals surface area contributed by atoms with Gasteiger partial charge in [-0.1, -0.05) is 0 Å². The summed E-state index contributed by atoms with van der Waals surface area (Å²) in [5.41, 5.74) is 1.36. The lowest BCUT2D eigenvalue weighted by Crippen LogP contribution is -2.27. The lowest BCUT2D eigenvalue weighted by Gasteiger charge is -2.20. The van der Waals surface area contributed by atoms with Gasteiger partial charge >= 0.3 is 6.18 Å². The van der Waals surface area contributed by atoms with Gasteiger partial charge in [0, 0.05) is 19.3 Å². The highest BCUT2D eigenvalue weighted by Crippen LogP contribution is 2.36. The van der Waals surface area contributed by atoms with Crippen molar-refractivity contribution in [2.75, 3.05) is 18.0 Å². The van der Waals surface area contributed by atoms with Gasteiger partial charge in [0.1, 0.15) is 0 Å². The van der Waals surface area contributed by atoms with E-state index in [4.69, 9.17) is 0 Å². The van der Waals surface area contributed by atoms with Crippen molar-refractivity contribution in [2.24, 2.45) is 5.92 Å². The molecule has 1 N–H and O–H groups in total. The summed E-state index contributed by atoms with van der Waals surface area (Å²) in [6, 6.07) is 1.73. The number of nitrogens with one attached hydrogen (secondary N) is 1. The summed E-state index contributed by atoms with van der Waals surface area (Å²) in [7, 11) is 0. The third-order valence-electron chi connectivity index (χ3n) is 3.32. The lowest BCUT2D eigenvalue weighted by atomic mass is 10.1. The number of pyridine rings is 1. The molecule has 18 heavy (non-hydrogen) atoms. The van der Waals surface area contributed by atoms with Crippen molar-refractivity contribution in [3.8, 4) is 0 Å². The smallest absolute Gasteiger partial charge is 0.370 e. The SMILES string of the molecule is FC(F)(F)C1CCN(c2ccnc3[nH]ncc23)C1. The number of nitrogens with zero attached hydrogens (tertiary/aromatic N) is 3. The zero-order valence-corrected chi connectivity index (χ0v) is 9.41. The largest absolute Gasteiger partial charge is 0.393 e. The first-order chi connectivity index (χ1) is 8.55. The number of hydrogen-bond acceptors (Lipinski definition) is 3. The molecule has 0 amide bonds. The van der Waals surface area contributed by atoms with Crippen molar-refractivity contribution in [3.05, 3.63) is 18.5 Å². The minimum Gasteiger partial charge on any atom is -0.370 e. The topological polar surface area (TPSA) is 44.8 Å². The van der Waals surface area contributed by atoms with E-state index in [0.29, 0.717) is 12.2 Å². The molecule has 1 unspecified atom stereocenters. The van der Waals surface area contributed by atoms with Crippen molar-refractivity contribution >= 4 is 16.7 Å². The summed E-state index contributed by atoms with van der Waals surface area (Å²) in [5, 5.41) is 7.34. The second-order valence-electron chi connectivity index (χ2n) is 4.44. The first kappa shape index (κ1) is 11.3.